The van der Waals surface area contributed by atoms with E-state index in [1.165, 1.54) is 4.68 Å². The molecule has 2 aromatic carbocycles. The molecule has 10 heteroatoms. The Morgan fingerprint density at radius 3 is 2.63 bits per heavy atom. The predicted octanol–water partition coefficient (Wildman–Crippen LogP) is 3.13. The van der Waals surface area contributed by atoms with Crippen LogP contribution in [0.5, 0.6) is 5.75 Å². The molecule has 1 amide bonds. The number of aromatic carboxylic acids is 1. The van der Waals surface area contributed by atoms with Crippen LogP contribution in [0, 0.1) is 0 Å². The van der Waals surface area contributed by atoms with Crippen molar-refractivity contribution in [2.24, 2.45) is 7.05 Å². The number of carboxylic acids is 1. The van der Waals surface area contributed by atoms with Gasteiger partial charge in [-0.25, -0.2) is 9.48 Å². The van der Waals surface area contributed by atoms with Gasteiger partial charge in [-0.3, -0.25) is 9.48 Å². The Morgan fingerprint density at radius 2 is 1.94 bits per heavy atom. The number of hydrogen-bond donors (Lipinski definition) is 2. The van der Waals surface area contributed by atoms with Gasteiger partial charge in [0.1, 0.15) is 11.4 Å². The number of carbonyl (C=O) groups is 2. The number of fused-ring (bicyclic) bond motifs is 1. The van der Waals surface area contributed by atoms with E-state index < -0.39 is 5.97 Å². The summed E-state index contributed by atoms with van der Waals surface area (Å²) in [4.78, 5) is 27.2. The van der Waals surface area contributed by atoms with E-state index in [1.54, 1.807) is 47.2 Å². The van der Waals surface area contributed by atoms with Crippen LogP contribution < -0.4 is 15.0 Å². The normalized spacial score (nSPS) is 13.0. The molecule has 3 heterocycles. The zero-order chi connectivity index (χ0) is 24.5. The van der Waals surface area contributed by atoms with Crippen LogP contribution in [0.2, 0.25) is 0 Å². The summed E-state index contributed by atoms with van der Waals surface area (Å²) in [5.41, 5.74) is 3.78. The van der Waals surface area contributed by atoms with Gasteiger partial charge in [0.15, 0.2) is 5.69 Å². The van der Waals surface area contributed by atoms with Gasteiger partial charge in [-0.1, -0.05) is 6.07 Å². The SMILES string of the molecule is COc1ccc(-n2nc(C(=O)O)c3c2C(=O)N(c2cccc(NCc4ccnn4C)c2)CC3)cc1. The topological polar surface area (TPSA) is 115 Å². The zero-order valence-electron chi connectivity index (χ0n) is 19.3. The molecule has 0 saturated carbocycles. The minimum Gasteiger partial charge on any atom is -0.497 e. The summed E-state index contributed by atoms with van der Waals surface area (Å²) in [6.07, 6.45) is 2.13. The summed E-state index contributed by atoms with van der Waals surface area (Å²) in [5, 5.41) is 21.5. The molecule has 0 saturated heterocycles. The largest absolute Gasteiger partial charge is 0.497 e. The number of nitrogens with zero attached hydrogens (tertiary/aromatic N) is 5. The number of hydrogen-bond acceptors (Lipinski definition) is 6. The molecule has 1 aliphatic heterocycles. The van der Waals surface area contributed by atoms with Crippen molar-refractivity contribution >= 4 is 23.3 Å². The average molecular weight is 473 g/mol. The number of anilines is 2. The van der Waals surface area contributed by atoms with E-state index >= 15 is 0 Å². The molecule has 1 aliphatic rings. The Balaban J connectivity index is 1.47. The minimum absolute atomic E-state index is 0.101. The number of rotatable bonds is 7. The highest BCUT2D eigenvalue weighted by Gasteiger charge is 2.35. The molecule has 178 valence electrons. The number of aromatic nitrogens is 4. The van der Waals surface area contributed by atoms with Crippen LogP contribution in [0.3, 0.4) is 0 Å². The first-order valence-electron chi connectivity index (χ1n) is 11.1. The summed E-state index contributed by atoms with van der Waals surface area (Å²) in [6.45, 7) is 0.940. The lowest BCUT2D eigenvalue weighted by atomic mass is 10.0. The van der Waals surface area contributed by atoms with Crippen LogP contribution in [0.1, 0.15) is 32.2 Å². The van der Waals surface area contributed by atoms with Crippen molar-refractivity contribution in [3.63, 3.8) is 0 Å². The van der Waals surface area contributed by atoms with Crippen LogP contribution in [-0.2, 0) is 20.0 Å². The minimum atomic E-state index is -1.16. The van der Waals surface area contributed by atoms with Crippen molar-refractivity contribution in [3.8, 4) is 11.4 Å². The third-order valence-electron chi connectivity index (χ3n) is 6.09. The molecular formula is C25H24N6O4. The lowest BCUT2D eigenvalue weighted by Crippen LogP contribution is -2.39. The van der Waals surface area contributed by atoms with Crippen molar-refractivity contribution in [2.45, 2.75) is 13.0 Å². The average Bonchev–Trinajstić information content (AvgIpc) is 3.47. The second-order valence-corrected chi connectivity index (χ2v) is 8.15. The van der Waals surface area contributed by atoms with Crippen LogP contribution in [0.4, 0.5) is 11.4 Å². The molecule has 0 aliphatic carbocycles. The van der Waals surface area contributed by atoms with E-state index in [9.17, 15) is 14.7 Å². The fourth-order valence-corrected chi connectivity index (χ4v) is 4.24. The van der Waals surface area contributed by atoms with Gasteiger partial charge in [0.25, 0.3) is 5.91 Å². The molecule has 5 rings (SSSR count). The van der Waals surface area contributed by atoms with Crippen molar-refractivity contribution < 1.29 is 19.4 Å². The Bertz CT molecular complexity index is 1410. The molecule has 0 bridgehead atoms. The molecule has 0 radical (unpaired) electrons. The standard InChI is InChI=1S/C25H24N6O4/c1-29-19(10-12-27-29)15-26-16-4-3-5-18(14-16)30-13-11-21-22(25(33)34)28-31(23(21)24(30)32)17-6-8-20(35-2)9-7-17/h3-10,12,14,26H,11,13,15H2,1-2H3,(H,33,34). The highest BCUT2D eigenvalue weighted by molar-refractivity contribution is 6.09. The molecule has 0 fully saturated rings. The summed E-state index contributed by atoms with van der Waals surface area (Å²) < 4.78 is 8.42. The van der Waals surface area contributed by atoms with Gasteiger partial charge in [-0.05, 0) is 55.0 Å². The molecule has 35 heavy (non-hydrogen) atoms. The van der Waals surface area contributed by atoms with Crippen molar-refractivity contribution in [2.75, 3.05) is 23.9 Å². The summed E-state index contributed by atoms with van der Waals surface area (Å²) >= 11 is 0. The monoisotopic (exact) mass is 472 g/mol. The van der Waals surface area contributed by atoms with Crippen molar-refractivity contribution in [3.05, 3.63) is 83.4 Å². The number of methoxy groups -OCH3 is 1. The number of benzene rings is 2. The number of carboxylic acid groups (broad SMARTS) is 1. The van der Waals surface area contributed by atoms with Crippen molar-refractivity contribution in [1.29, 1.82) is 0 Å². The summed E-state index contributed by atoms with van der Waals surface area (Å²) in [5.74, 6) is -0.807. The lowest BCUT2D eigenvalue weighted by molar-refractivity contribution is 0.0688. The predicted molar refractivity (Wildman–Crippen MR) is 129 cm³/mol. The maximum Gasteiger partial charge on any atom is 0.356 e. The molecular weight excluding hydrogens is 448 g/mol. The first kappa shape index (κ1) is 22.2. The van der Waals surface area contributed by atoms with Crippen molar-refractivity contribution in [1.82, 2.24) is 19.6 Å². The first-order valence-corrected chi connectivity index (χ1v) is 11.1. The fourth-order valence-electron chi connectivity index (χ4n) is 4.24. The molecule has 10 nitrogen and oxygen atoms in total. The van der Waals surface area contributed by atoms with Gasteiger partial charge in [-0.2, -0.15) is 10.2 Å². The van der Waals surface area contributed by atoms with Gasteiger partial charge in [0, 0.05) is 36.7 Å². The molecule has 0 spiro atoms. The number of aryl methyl sites for hydroxylation is 1. The highest BCUT2D eigenvalue weighted by Crippen LogP contribution is 2.30. The van der Waals surface area contributed by atoms with Crippen LogP contribution >= 0.6 is 0 Å². The van der Waals surface area contributed by atoms with Crippen LogP contribution in [0.15, 0.2) is 60.8 Å². The number of nitrogens with one attached hydrogen (secondary N) is 1. The van der Waals surface area contributed by atoms with Gasteiger partial charge in [0.05, 0.1) is 25.0 Å². The molecule has 0 unspecified atom stereocenters. The second kappa shape index (κ2) is 8.98. The van der Waals surface area contributed by atoms with E-state index in [2.05, 4.69) is 15.5 Å². The zero-order valence-corrected chi connectivity index (χ0v) is 19.3. The van der Waals surface area contributed by atoms with Gasteiger partial charge in [-0.15, -0.1) is 0 Å². The van der Waals surface area contributed by atoms with Gasteiger partial charge in [0.2, 0.25) is 0 Å². The highest BCUT2D eigenvalue weighted by atomic mass is 16.5. The van der Waals surface area contributed by atoms with E-state index in [0.717, 1.165) is 17.1 Å². The maximum absolute atomic E-state index is 13.7. The Labute approximate surface area is 201 Å². The van der Waals surface area contributed by atoms with E-state index in [4.69, 9.17) is 4.74 Å². The second-order valence-electron chi connectivity index (χ2n) is 8.15. The molecule has 2 N–H and O–H groups in total. The maximum atomic E-state index is 13.7. The van der Waals surface area contributed by atoms with Gasteiger partial charge >= 0.3 is 5.97 Å². The van der Waals surface area contributed by atoms with E-state index in [0.29, 0.717) is 36.5 Å². The number of amides is 1. The first-order chi connectivity index (χ1) is 17.0. The fraction of sp³-hybridized carbons (Fsp3) is 0.200. The molecule has 4 aromatic rings. The quantitative estimate of drug-likeness (QED) is 0.425. The van der Waals surface area contributed by atoms with Crippen LogP contribution in [-0.4, -0.2) is 50.2 Å². The van der Waals surface area contributed by atoms with Gasteiger partial charge < -0.3 is 20.1 Å². The third-order valence-corrected chi connectivity index (χ3v) is 6.09. The van der Waals surface area contributed by atoms with Crippen LogP contribution in [0.25, 0.3) is 5.69 Å². The summed E-state index contributed by atoms with van der Waals surface area (Å²) in [6, 6.07) is 16.5. The molecule has 2 aromatic heterocycles. The lowest BCUT2D eigenvalue weighted by Gasteiger charge is -2.28. The van der Waals surface area contributed by atoms with E-state index in [-0.39, 0.29) is 17.3 Å². The third kappa shape index (κ3) is 4.10. The Hall–Kier alpha value is -4.60. The molecule has 0 atom stereocenters. The summed E-state index contributed by atoms with van der Waals surface area (Å²) in [7, 11) is 3.45. The van der Waals surface area contributed by atoms with E-state index in [1.807, 2.05) is 37.4 Å². The number of ether oxygens (including phenoxy) is 1. The Kier molecular flexibility index (Phi) is 5.69. The number of carbonyl (C=O) groups excluding carboxylic acids is 1. The Morgan fingerprint density at radius 1 is 1.14 bits per heavy atom. The smallest absolute Gasteiger partial charge is 0.356 e.